The Balaban J connectivity index is 2.22. The zero-order chi connectivity index (χ0) is 15.0. The minimum atomic E-state index is 0.583. The highest BCUT2D eigenvalue weighted by atomic mass is 32.1. The maximum absolute atomic E-state index is 7.95. The summed E-state index contributed by atoms with van der Waals surface area (Å²) in [6, 6.07) is 10.4. The van der Waals surface area contributed by atoms with Crippen LogP contribution in [-0.2, 0) is 0 Å². The molecule has 0 atom stereocenters. The molecule has 21 heavy (non-hydrogen) atoms. The van der Waals surface area contributed by atoms with Crippen molar-refractivity contribution in [2.45, 2.75) is 20.8 Å². The predicted molar refractivity (Wildman–Crippen MR) is 90.4 cm³/mol. The molecule has 0 aromatic heterocycles. The summed E-state index contributed by atoms with van der Waals surface area (Å²) in [5.74, 6) is 0. The molecule has 1 aromatic carbocycles. The molecular formula is C17H19N3S. The first-order chi connectivity index (χ1) is 10.1. The summed E-state index contributed by atoms with van der Waals surface area (Å²) in [7, 11) is 0. The van der Waals surface area contributed by atoms with Gasteiger partial charge in [-0.25, -0.2) is 4.98 Å². The third-order valence-corrected chi connectivity index (χ3v) is 4.93. The molecule has 3 rings (SSSR count). The van der Waals surface area contributed by atoms with Gasteiger partial charge in [0.2, 0.25) is 0 Å². The fraction of sp³-hybridized carbons (Fsp3) is 0.294. The van der Waals surface area contributed by atoms with E-state index in [4.69, 9.17) is 10.4 Å². The van der Waals surface area contributed by atoms with E-state index in [0.717, 1.165) is 34.7 Å². The molecular weight excluding hydrogens is 278 g/mol. The van der Waals surface area contributed by atoms with E-state index < -0.39 is 0 Å². The highest BCUT2D eigenvalue weighted by molar-refractivity contribution is 7.21. The first kappa shape index (κ1) is 14.0. The van der Waals surface area contributed by atoms with E-state index in [1.54, 1.807) is 11.3 Å². The zero-order valence-corrected chi connectivity index (χ0v) is 13.4. The van der Waals surface area contributed by atoms with E-state index in [9.17, 15) is 0 Å². The van der Waals surface area contributed by atoms with Crippen LogP contribution in [-0.4, -0.2) is 18.1 Å². The van der Waals surface area contributed by atoms with Crippen LogP contribution in [0.25, 0.3) is 20.8 Å². The van der Waals surface area contributed by atoms with Crippen molar-refractivity contribution in [3.05, 3.63) is 41.3 Å². The summed E-state index contributed by atoms with van der Waals surface area (Å²) >= 11 is 1.72. The minimum absolute atomic E-state index is 0.583. The van der Waals surface area contributed by atoms with Crippen LogP contribution in [0.2, 0.25) is 0 Å². The Hall–Kier alpha value is -1.94. The van der Waals surface area contributed by atoms with Gasteiger partial charge in [0.15, 0.2) is 0 Å². The van der Waals surface area contributed by atoms with Crippen LogP contribution in [0.15, 0.2) is 30.3 Å². The quantitative estimate of drug-likeness (QED) is 0.741. The number of hydrogen-bond acceptors (Lipinski definition) is 4. The normalized spacial score (nSPS) is 11.2. The average Bonchev–Trinajstić information content (AvgIpc) is 2.48. The molecule has 1 aromatic rings. The molecule has 1 aliphatic carbocycles. The van der Waals surface area contributed by atoms with Gasteiger partial charge in [0.25, 0.3) is 0 Å². The van der Waals surface area contributed by atoms with Crippen molar-refractivity contribution in [2.75, 3.05) is 18.0 Å². The summed E-state index contributed by atoms with van der Waals surface area (Å²) in [4.78, 5) is 8.15. The Morgan fingerprint density at radius 3 is 2.62 bits per heavy atom. The van der Waals surface area contributed by atoms with Crippen molar-refractivity contribution in [3.8, 4) is 10.6 Å². The van der Waals surface area contributed by atoms with Gasteiger partial charge in [-0.1, -0.05) is 0 Å². The van der Waals surface area contributed by atoms with Crippen LogP contribution in [0.1, 0.15) is 19.4 Å². The largest absolute Gasteiger partial charge is 0.372 e. The van der Waals surface area contributed by atoms with Crippen LogP contribution in [0, 0.1) is 12.3 Å². The van der Waals surface area contributed by atoms with E-state index in [1.165, 1.54) is 10.4 Å². The first-order valence-electron chi connectivity index (χ1n) is 7.27. The van der Waals surface area contributed by atoms with Crippen molar-refractivity contribution < 1.29 is 0 Å². The van der Waals surface area contributed by atoms with Crippen LogP contribution in [0.3, 0.4) is 0 Å². The molecule has 0 unspecified atom stereocenters. The third kappa shape index (κ3) is 2.51. The molecule has 0 saturated carbocycles. The Morgan fingerprint density at radius 2 is 1.90 bits per heavy atom. The lowest BCUT2D eigenvalue weighted by Crippen LogP contribution is -2.21. The maximum Gasteiger partial charge on any atom is 0.0813 e. The van der Waals surface area contributed by atoms with Crippen LogP contribution in [0.5, 0.6) is 0 Å². The second-order valence-electron chi connectivity index (χ2n) is 5.17. The van der Waals surface area contributed by atoms with Gasteiger partial charge >= 0.3 is 0 Å². The smallest absolute Gasteiger partial charge is 0.0813 e. The summed E-state index contributed by atoms with van der Waals surface area (Å²) in [6.45, 7) is 8.31. The molecule has 0 amide bonds. The van der Waals surface area contributed by atoms with Gasteiger partial charge in [-0.3, -0.25) is 0 Å². The van der Waals surface area contributed by atoms with Gasteiger partial charge in [-0.05, 0) is 56.7 Å². The number of fused-ring (bicyclic) bond motifs is 2. The minimum Gasteiger partial charge on any atom is -0.372 e. The lowest BCUT2D eigenvalue weighted by Gasteiger charge is -2.21. The van der Waals surface area contributed by atoms with Gasteiger partial charge in [0, 0.05) is 18.8 Å². The van der Waals surface area contributed by atoms with Crippen LogP contribution < -0.4 is 10.3 Å². The molecule has 2 aliphatic rings. The molecule has 0 saturated heterocycles. The van der Waals surface area contributed by atoms with Gasteiger partial charge < -0.3 is 10.3 Å². The summed E-state index contributed by atoms with van der Waals surface area (Å²) in [5, 5.41) is 8.53. The molecule has 1 aliphatic heterocycles. The van der Waals surface area contributed by atoms with Crippen molar-refractivity contribution >= 4 is 27.2 Å². The number of anilines is 1. The highest BCUT2D eigenvalue weighted by Crippen LogP contribution is 2.32. The topological polar surface area (TPSA) is 40.0 Å². The summed E-state index contributed by atoms with van der Waals surface area (Å²) in [6.07, 6.45) is 0. The average molecular weight is 297 g/mol. The SMILES string of the molecule is CCN(CC)c1ccc2nc3cc(C)c(=N)cc-3sc2c1. The molecule has 1 heterocycles. The van der Waals surface area contributed by atoms with Crippen molar-refractivity contribution in [2.24, 2.45) is 0 Å². The second kappa shape index (κ2) is 5.45. The first-order valence-corrected chi connectivity index (χ1v) is 8.08. The van der Waals surface area contributed by atoms with E-state index in [0.29, 0.717) is 5.36 Å². The molecule has 3 nitrogen and oxygen atoms in total. The Morgan fingerprint density at radius 1 is 1.14 bits per heavy atom. The second-order valence-corrected chi connectivity index (χ2v) is 6.26. The number of benzene rings is 2. The molecule has 0 bridgehead atoms. The van der Waals surface area contributed by atoms with Gasteiger partial charge in [0.1, 0.15) is 0 Å². The monoisotopic (exact) mass is 297 g/mol. The van der Waals surface area contributed by atoms with E-state index in [2.05, 4.69) is 36.9 Å². The molecule has 0 radical (unpaired) electrons. The number of hydrogen-bond donors (Lipinski definition) is 1. The number of nitrogens with zero attached hydrogens (tertiary/aromatic N) is 2. The van der Waals surface area contributed by atoms with E-state index in [1.807, 2.05) is 19.1 Å². The predicted octanol–water partition coefficient (Wildman–Crippen LogP) is 4.04. The number of aryl methyl sites for hydroxylation is 1. The fourth-order valence-electron chi connectivity index (χ4n) is 2.55. The molecule has 1 N–H and O–H groups in total. The number of rotatable bonds is 3. The lowest BCUT2D eigenvalue weighted by molar-refractivity contribution is 0.867. The lowest BCUT2D eigenvalue weighted by atomic mass is 10.1. The van der Waals surface area contributed by atoms with Gasteiger partial charge in [0.05, 0.1) is 26.1 Å². The number of nitrogens with one attached hydrogen (secondary N) is 1. The zero-order valence-electron chi connectivity index (χ0n) is 12.6. The van der Waals surface area contributed by atoms with Crippen LogP contribution >= 0.6 is 11.3 Å². The van der Waals surface area contributed by atoms with Crippen molar-refractivity contribution in [3.63, 3.8) is 0 Å². The number of aromatic nitrogens is 1. The van der Waals surface area contributed by atoms with Crippen molar-refractivity contribution in [1.82, 2.24) is 4.98 Å². The maximum atomic E-state index is 7.95. The summed E-state index contributed by atoms with van der Waals surface area (Å²) in [5.41, 5.74) is 4.22. The molecule has 0 spiro atoms. The third-order valence-electron chi connectivity index (χ3n) is 3.84. The standard InChI is InChI=1S/C17H19N3S/c1-4-20(5-2)12-6-7-14-16(9-12)21-17-10-13(18)11(3)8-15(17)19-14/h6-10,18H,4-5H2,1-3H3. The molecule has 4 heteroatoms. The van der Waals surface area contributed by atoms with Gasteiger partial charge in [-0.15, -0.1) is 11.3 Å². The summed E-state index contributed by atoms with van der Waals surface area (Å²) < 4.78 is 1.18. The van der Waals surface area contributed by atoms with E-state index in [-0.39, 0.29) is 0 Å². The van der Waals surface area contributed by atoms with Gasteiger partial charge in [-0.2, -0.15) is 0 Å². The highest BCUT2D eigenvalue weighted by Gasteiger charge is 2.10. The Kier molecular flexibility index (Phi) is 3.64. The Labute approximate surface area is 128 Å². The van der Waals surface area contributed by atoms with E-state index >= 15 is 0 Å². The van der Waals surface area contributed by atoms with Crippen LogP contribution in [0.4, 0.5) is 5.69 Å². The van der Waals surface area contributed by atoms with Crippen molar-refractivity contribution in [1.29, 1.82) is 5.41 Å². The molecule has 108 valence electrons. The Bertz CT molecular complexity index is 818. The molecule has 0 fully saturated rings. The fourth-order valence-corrected chi connectivity index (χ4v) is 3.57.